The maximum atomic E-state index is 13.4. The molecule has 2 heterocycles. The Kier molecular flexibility index (Phi) is 14.4. The molecule has 0 saturated carbocycles. The highest BCUT2D eigenvalue weighted by Crippen LogP contribution is 2.41. The van der Waals surface area contributed by atoms with Crippen LogP contribution in [0, 0.1) is 0 Å². The number of fused-ring (bicyclic) bond motifs is 1. The van der Waals surface area contributed by atoms with Crippen LogP contribution in [0.5, 0.6) is 5.75 Å². The standard InChI is InChI=1S/C26H36FN3O3S.2C2H6/c1-7-22(13-11-19(5)27)26(8-2)30-15-9-10-21(25(30)28-33-26)16-20-12-14-23(24(17-20)32-6)29-34(31)18(3)4;2*1-2/h11-14,16-18,29H,7-10,15H2,1-6H3;2*1-2H3/b19-11+,21-16+,22-13+;;. The Labute approximate surface area is 232 Å². The van der Waals surface area contributed by atoms with Crippen LogP contribution in [0.2, 0.25) is 0 Å². The monoisotopic (exact) mass is 549 g/mol. The zero-order valence-corrected chi connectivity index (χ0v) is 25.8. The van der Waals surface area contributed by atoms with Gasteiger partial charge in [0.05, 0.1) is 18.6 Å². The molecule has 0 spiro atoms. The molecule has 0 aromatic heterocycles. The maximum Gasteiger partial charge on any atom is 0.233 e. The second-order valence-electron chi connectivity index (χ2n) is 8.78. The van der Waals surface area contributed by atoms with E-state index in [9.17, 15) is 8.60 Å². The number of oxime groups is 1. The van der Waals surface area contributed by atoms with E-state index >= 15 is 0 Å². The average molecular weight is 550 g/mol. The Balaban J connectivity index is 0.00000172. The van der Waals surface area contributed by atoms with E-state index < -0.39 is 16.7 Å². The topological polar surface area (TPSA) is 63.2 Å². The fourth-order valence-electron chi connectivity index (χ4n) is 4.35. The van der Waals surface area contributed by atoms with E-state index in [0.717, 1.165) is 48.4 Å². The van der Waals surface area contributed by atoms with Gasteiger partial charge in [0, 0.05) is 18.2 Å². The van der Waals surface area contributed by atoms with Crippen LogP contribution in [-0.4, -0.2) is 39.6 Å². The van der Waals surface area contributed by atoms with Crippen LogP contribution in [0.3, 0.4) is 0 Å². The lowest BCUT2D eigenvalue weighted by Gasteiger charge is -2.40. The number of amidine groups is 1. The van der Waals surface area contributed by atoms with Crippen LogP contribution < -0.4 is 9.46 Å². The van der Waals surface area contributed by atoms with Crippen molar-refractivity contribution in [3.05, 3.63) is 52.9 Å². The second kappa shape index (κ2) is 16.4. The first kappa shape index (κ1) is 33.4. The van der Waals surface area contributed by atoms with E-state index in [1.807, 2.05) is 65.8 Å². The number of anilines is 1. The Morgan fingerprint density at radius 2 is 1.95 bits per heavy atom. The summed E-state index contributed by atoms with van der Waals surface area (Å²) in [5, 5.41) is 4.50. The van der Waals surface area contributed by atoms with Gasteiger partial charge in [-0.2, -0.15) is 0 Å². The highest BCUT2D eigenvalue weighted by atomic mass is 32.2. The molecule has 1 aromatic carbocycles. The van der Waals surface area contributed by atoms with E-state index in [2.05, 4.69) is 34.7 Å². The molecule has 0 amide bonds. The quantitative estimate of drug-likeness (QED) is 0.314. The summed E-state index contributed by atoms with van der Waals surface area (Å²) < 4.78 is 34.2. The van der Waals surface area contributed by atoms with Gasteiger partial charge in [-0.25, -0.2) is 8.60 Å². The third-order valence-electron chi connectivity index (χ3n) is 6.17. The molecule has 0 aliphatic carbocycles. The molecule has 0 radical (unpaired) electrons. The summed E-state index contributed by atoms with van der Waals surface area (Å²) in [6.07, 6.45) is 8.71. The molecule has 3 rings (SSSR count). The van der Waals surface area contributed by atoms with Gasteiger partial charge in [-0.3, -0.25) is 0 Å². The van der Waals surface area contributed by atoms with Crippen LogP contribution >= 0.6 is 0 Å². The van der Waals surface area contributed by atoms with Crippen molar-refractivity contribution in [3.63, 3.8) is 0 Å². The van der Waals surface area contributed by atoms with E-state index in [4.69, 9.17) is 9.57 Å². The summed E-state index contributed by atoms with van der Waals surface area (Å²) in [6.45, 7) is 18.2. The van der Waals surface area contributed by atoms with Crippen molar-refractivity contribution in [1.82, 2.24) is 4.90 Å². The number of nitrogens with zero attached hydrogens (tertiary/aromatic N) is 2. The summed E-state index contributed by atoms with van der Waals surface area (Å²) in [4.78, 5) is 8.33. The number of hydrogen-bond donors (Lipinski definition) is 1. The zero-order chi connectivity index (χ0) is 28.9. The number of hydrogen-bond acceptors (Lipinski definition) is 5. The minimum absolute atomic E-state index is 0.00898. The molecule has 38 heavy (non-hydrogen) atoms. The summed E-state index contributed by atoms with van der Waals surface area (Å²) in [7, 11) is 0.414. The van der Waals surface area contributed by atoms with Crippen LogP contribution in [0.25, 0.3) is 6.08 Å². The SMILES string of the molecule is CC.CC.CC/C(=C\C=C(/C)F)C1(CC)ON=C2/C(=C/c3ccc(NS(=O)C(C)C)c(OC)c3)CCCN21. The number of allylic oxidation sites excluding steroid dienone is 3. The zero-order valence-electron chi connectivity index (χ0n) is 25.0. The first-order chi connectivity index (χ1) is 18.2. The lowest BCUT2D eigenvalue weighted by atomic mass is 9.91. The predicted molar refractivity (Wildman–Crippen MR) is 161 cm³/mol. The first-order valence-corrected chi connectivity index (χ1v) is 15.1. The fraction of sp³-hybridized carbons (Fsp3) is 0.567. The third kappa shape index (κ3) is 7.95. The molecule has 2 aliphatic heterocycles. The van der Waals surface area contributed by atoms with Gasteiger partial charge in [-0.05, 0) is 81.0 Å². The Hall–Kier alpha value is -2.61. The van der Waals surface area contributed by atoms with Crippen LogP contribution in [0.1, 0.15) is 93.6 Å². The Bertz CT molecular complexity index is 1050. The van der Waals surface area contributed by atoms with Gasteiger partial charge < -0.3 is 19.2 Å². The number of benzene rings is 1. The number of nitrogens with one attached hydrogen (secondary N) is 1. The van der Waals surface area contributed by atoms with Crippen molar-refractivity contribution in [2.45, 2.75) is 99.0 Å². The van der Waals surface area contributed by atoms with Crippen molar-refractivity contribution in [1.29, 1.82) is 0 Å². The van der Waals surface area contributed by atoms with E-state index in [-0.39, 0.29) is 11.1 Å². The number of rotatable bonds is 9. The first-order valence-electron chi connectivity index (χ1n) is 13.9. The average Bonchev–Trinajstić information content (AvgIpc) is 3.32. The molecule has 2 aliphatic rings. The van der Waals surface area contributed by atoms with Gasteiger partial charge in [0.1, 0.15) is 16.7 Å². The van der Waals surface area contributed by atoms with Gasteiger partial charge in [0.15, 0.2) is 5.84 Å². The summed E-state index contributed by atoms with van der Waals surface area (Å²) >= 11 is 0. The summed E-state index contributed by atoms with van der Waals surface area (Å²) in [5.74, 6) is 1.23. The van der Waals surface area contributed by atoms with Crippen molar-refractivity contribution in [2.24, 2.45) is 5.16 Å². The Morgan fingerprint density at radius 1 is 1.26 bits per heavy atom. The highest BCUT2D eigenvalue weighted by Gasteiger charge is 2.48. The van der Waals surface area contributed by atoms with Crippen molar-refractivity contribution < 1.29 is 18.2 Å². The van der Waals surface area contributed by atoms with E-state index in [1.54, 1.807) is 7.11 Å². The summed E-state index contributed by atoms with van der Waals surface area (Å²) in [6, 6.07) is 5.80. The molecule has 6 nitrogen and oxygen atoms in total. The van der Waals surface area contributed by atoms with Crippen LogP contribution in [-0.2, 0) is 15.8 Å². The number of ether oxygens (including phenoxy) is 1. The molecule has 0 bridgehead atoms. The second-order valence-corrected chi connectivity index (χ2v) is 10.5. The van der Waals surface area contributed by atoms with Gasteiger partial charge in [0.2, 0.25) is 5.72 Å². The molecule has 2 unspecified atom stereocenters. The molecule has 2 atom stereocenters. The minimum Gasteiger partial charge on any atom is -0.495 e. The smallest absolute Gasteiger partial charge is 0.233 e. The molecular formula is C30H48FN3O3S. The molecule has 8 heteroatoms. The Morgan fingerprint density at radius 3 is 2.50 bits per heavy atom. The van der Waals surface area contributed by atoms with Gasteiger partial charge >= 0.3 is 0 Å². The van der Waals surface area contributed by atoms with Gasteiger partial charge in [-0.15, -0.1) is 0 Å². The third-order valence-corrected chi connectivity index (χ3v) is 7.45. The van der Waals surface area contributed by atoms with Crippen molar-refractivity contribution in [2.75, 3.05) is 18.4 Å². The lowest BCUT2D eigenvalue weighted by Crippen LogP contribution is -2.51. The largest absolute Gasteiger partial charge is 0.495 e. The molecule has 1 N–H and O–H groups in total. The van der Waals surface area contributed by atoms with Gasteiger partial charge in [0.25, 0.3) is 0 Å². The van der Waals surface area contributed by atoms with Crippen LogP contribution in [0.15, 0.2) is 52.5 Å². The van der Waals surface area contributed by atoms with Crippen molar-refractivity contribution in [3.8, 4) is 5.75 Å². The fourth-order valence-corrected chi connectivity index (χ4v) is 4.97. The molecule has 1 fully saturated rings. The van der Waals surface area contributed by atoms with E-state index in [0.29, 0.717) is 17.9 Å². The number of piperidine rings is 1. The van der Waals surface area contributed by atoms with Crippen LogP contribution in [0.4, 0.5) is 10.1 Å². The molecule has 1 saturated heterocycles. The predicted octanol–water partition coefficient (Wildman–Crippen LogP) is 8.37. The highest BCUT2D eigenvalue weighted by molar-refractivity contribution is 7.86. The van der Waals surface area contributed by atoms with E-state index in [1.165, 1.54) is 13.0 Å². The summed E-state index contributed by atoms with van der Waals surface area (Å²) in [5.41, 5.74) is 3.06. The van der Waals surface area contributed by atoms with Gasteiger partial charge in [-0.1, -0.05) is 58.8 Å². The molecule has 214 valence electrons. The molecule has 1 aromatic rings. The van der Waals surface area contributed by atoms with Crippen molar-refractivity contribution >= 4 is 28.6 Å². The maximum absolute atomic E-state index is 13.4. The number of methoxy groups -OCH3 is 1. The number of halogens is 1. The minimum atomic E-state index is -1.19. The lowest BCUT2D eigenvalue weighted by molar-refractivity contribution is -0.0736. The normalized spacial score (nSPS) is 20.9. The molecular weight excluding hydrogens is 501 g/mol.